The minimum atomic E-state index is -4.59. The van der Waals surface area contributed by atoms with Crippen LogP contribution in [-0.2, 0) is 14.8 Å². The van der Waals surface area contributed by atoms with Gasteiger partial charge in [-0.3, -0.25) is 10.3 Å². The Hall–Kier alpha value is -0.710. The molecular formula is C9H14NO4P. The van der Waals surface area contributed by atoms with E-state index in [2.05, 4.69) is 4.52 Å². The minimum Gasteiger partial charge on any atom is -0.303 e. The van der Waals surface area contributed by atoms with Crippen molar-refractivity contribution in [3.05, 3.63) is 35.9 Å². The first kappa shape index (κ1) is 12.4. The summed E-state index contributed by atoms with van der Waals surface area (Å²) in [6.45, 7) is 1.70. The Morgan fingerprint density at radius 2 is 1.93 bits per heavy atom. The fourth-order valence-corrected chi connectivity index (χ4v) is 1.91. The molecule has 4 N–H and O–H groups in total. The standard InChI is InChI=1S/C9H14NO4P/c1-2-9(10,14-15(11,12)13)8-6-4-3-5-7-8/h3-7H,2,10H2,1H3,(H2,11,12,13). The van der Waals surface area contributed by atoms with Gasteiger partial charge in [0.25, 0.3) is 0 Å². The molecule has 0 fully saturated rings. The van der Waals surface area contributed by atoms with Crippen LogP contribution >= 0.6 is 7.82 Å². The summed E-state index contributed by atoms with van der Waals surface area (Å²) < 4.78 is 15.4. The molecular weight excluding hydrogens is 217 g/mol. The van der Waals surface area contributed by atoms with E-state index in [1.165, 1.54) is 0 Å². The third kappa shape index (κ3) is 3.41. The molecule has 0 saturated heterocycles. The molecule has 0 aliphatic carbocycles. The molecule has 0 aliphatic rings. The van der Waals surface area contributed by atoms with Gasteiger partial charge in [0.05, 0.1) is 0 Å². The van der Waals surface area contributed by atoms with Crippen LogP contribution in [0.25, 0.3) is 0 Å². The van der Waals surface area contributed by atoms with Crippen molar-refractivity contribution >= 4 is 7.82 Å². The molecule has 0 bridgehead atoms. The Kier molecular flexibility index (Phi) is 3.65. The van der Waals surface area contributed by atoms with Gasteiger partial charge in [0, 0.05) is 0 Å². The summed E-state index contributed by atoms with van der Waals surface area (Å²) in [5, 5.41) is 0. The summed E-state index contributed by atoms with van der Waals surface area (Å²) >= 11 is 0. The zero-order chi connectivity index (χ0) is 11.5. The highest BCUT2D eigenvalue weighted by Gasteiger charge is 2.34. The Bertz CT molecular complexity index is 364. The molecule has 0 spiro atoms. The van der Waals surface area contributed by atoms with E-state index in [0.717, 1.165) is 0 Å². The van der Waals surface area contributed by atoms with Gasteiger partial charge in [-0.1, -0.05) is 37.3 Å². The molecule has 0 aromatic heterocycles. The van der Waals surface area contributed by atoms with Crippen molar-refractivity contribution in [1.29, 1.82) is 0 Å². The summed E-state index contributed by atoms with van der Waals surface area (Å²) in [5.41, 5.74) is 4.88. The van der Waals surface area contributed by atoms with Crippen LogP contribution in [0.4, 0.5) is 0 Å². The van der Waals surface area contributed by atoms with Crippen molar-refractivity contribution in [1.82, 2.24) is 0 Å². The van der Waals surface area contributed by atoms with E-state index in [9.17, 15) is 4.57 Å². The van der Waals surface area contributed by atoms with E-state index >= 15 is 0 Å². The van der Waals surface area contributed by atoms with Gasteiger partial charge in [-0.05, 0) is 12.0 Å². The Morgan fingerprint density at radius 3 is 2.33 bits per heavy atom. The monoisotopic (exact) mass is 231 g/mol. The summed E-state index contributed by atoms with van der Waals surface area (Å²) in [7, 11) is -4.59. The number of rotatable bonds is 4. The largest absolute Gasteiger partial charge is 0.471 e. The first-order chi connectivity index (χ1) is 6.87. The second-order valence-corrected chi connectivity index (χ2v) is 4.35. The van der Waals surface area contributed by atoms with Crippen LogP contribution in [0.15, 0.2) is 30.3 Å². The molecule has 0 saturated carbocycles. The zero-order valence-electron chi connectivity index (χ0n) is 8.33. The van der Waals surface area contributed by atoms with E-state index in [4.69, 9.17) is 15.5 Å². The molecule has 1 aromatic rings. The predicted octanol–water partition coefficient (Wildman–Crippen LogP) is 1.32. The maximum atomic E-state index is 10.8. The summed E-state index contributed by atoms with van der Waals surface area (Å²) in [5.74, 6) is 0. The average Bonchev–Trinajstić information content (AvgIpc) is 2.16. The fraction of sp³-hybridized carbons (Fsp3) is 0.333. The van der Waals surface area contributed by atoms with Crippen LogP contribution < -0.4 is 5.73 Å². The second-order valence-electron chi connectivity index (χ2n) is 3.19. The lowest BCUT2D eigenvalue weighted by atomic mass is 10.0. The number of hydrogen-bond donors (Lipinski definition) is 3. The average molecular weight is 231 g/mol. The highest BCUT2D eigenvalue weighted by molar-refractivity contribution is 7.46. The van der Waals surface area contributed by atoms with E-state index in [0.29, 0.717) is 5.56 Å². The Labute approximate surface area is 88.1 Å². The first-order valence-corrected chi connectivity index (χ1v) is 6.01. The van der Waals surface area contributed by atoms with Gasteiger partial charge in [0.2, 0.25) is 0 Å². The quantitative estimate of drug-likeness (QED) is 0.536. The van der Waals surface area contributed by atoms with Gasteiger partial charge < -0.3 is 9.79 Å². The normalized spacial score (nSPS) is 16.0. The van der Waals surface area contributed by atoms with Crippen molar-refractivity contribution in [2.24, 2.45) is 5.73 Å². The highest BCUT2D eigenvalue weighted by Crippen LogP contribution is 2.44. The van der Waals surface area contributed by atoms with Crippen LogP contribution in [0.2, 0.25) is 0 Å². The van der Waals surface area contributed by atoms with Crippen LogP contribution in [-0.4, -0.2) is 9.79 Å². The first-order valence-electron chi connectivity index (χ1n) is 4.48. The number of benzene rings is 1. The number of phosphoric acid groups is 1. The van der Waals surface area contributed by atoms with Gasteiger partial charge >= 0.3 is 7.82 Å². The van der Waals surface area contributed by atoms with Crippen molar-refractivity contribution in [2.45, 2.75) is 19.1 Å². The van der Waals surface area contributed by atoms with Crippen molar-refractivity contribution in [2.75, 3.05) is 0 Å². The maximum absolute atomic E-state index is 10.8. The predicted molar refractivity (Wildman–Crippen MR) is 55.7 cm³/mol. The van der Waals surface area contributed by atoms with Crippen molar-refractivity contribution < 1.29 is 18.9 Å². The molecule has 6 heteroatoms. The SMILES string of the molecule is CCC(N)(OP(=O)(O)O)c1ccccc1. The van der Waals surface area contributed by atoms with Crippen LogP contribution in [0, 0.1) is 0 Å². The van der Waals surface area contributed by atoms with Gasteiger partial charge in [0.1, 0.15) is 0 Å². The van der Waals surface area contributed by atoms with E-state index in [-0.39, 0.29) is 6.42 Å². The minimum absolute atomic E-state index is 0.266. The van der Waals surface area contributed by atoms with Gasteiger partial charge in [-0.15, -0.1) is 0 Å². The molecule has 84 valence electrons. The summed E-state index contributed by atoms with van der Waals surface area (Å²) in [4.78, 5) is 17.5. The lowest BCUT2D eigenvalue weighted by Crippen LogP contribution is -2.38. The van der Waals surface area contributed by atoms with E-state index < -0.39 is 13.5 Å². The van der Waals surface area contributed by atoms with Crippen molar-refractivity contribution in [3.63, 3.8) is 0 Å². The number of phosphoric ester groups is 1. The molecule has 5 nitrogen and oxygen atoms in total. The van der Waals surface area contributed by atoms with E-state index in [1.54, 1.807) is 37.3 Å². The highest BCUT2D eigenvalue weighted by atomic mass is 31.2. The van der Waals surface area contributed by atoms with Gasteiger partial charge in [-0.2, -0.15) is 0 Å². The lowest BCUT2D eigenvalue weighted by Gasteiger charge is -2.28. The molecule has 0 heterocycles. The smallest absolute Gasteiger partial charge is 0.303 e. The topological polar surface area (TPSA) is 92.8 Å². The second kappa shape index (κ2) is 4.43. The maximum Gasteiger partial charge on any atom is 0.471 e. The molecule has 15 heavy (non-hydrogen) atoms. The van der Waals surface area contributed by atoms with Crippen LogP contribution in [0.1, 0.15) is 18.9 Å². The van der Waals surface area contributed by atoms with Crippen LogP contribution in [0.3, 0.4) is 0 Å². The number of nitrogens with two attached hydrogens (primary N) is 1. The van der Waals surface area contributed by atoms with Crippen molar-refractivity contribution in [3.8, 4) is 0 Å². The van der Waals surface area contributed by atoms with Gasteiger partial charge in [-0.25, -0.2) is 4.57 Å². The molecule has 1 rings (SSSR count). The van der Waals surface area contributed by atoms with Crippen LogP contribution in [0.5, 0.6) is 0 Å². The summed E-state index contributed by atoms with van der Waals surface area (Å²) in [6.07, 6.45) is 0.266. The summed E-state index contributed by atoms with van der Waals surface area (Å²) in [6, 6.07) is 8.58. The number of hydrogen-bond acceptors (Lipinski definition) is 3. The van der Waals surface area contributed by atoms with Gasteiger partial charge in [0.15, 0.2) is 5.72 Å². The lowest BCUT2D eigenvalue weighted by molar-refractivity contribution is 0.0322. The van der Waals surface area contributed by atoms with E-state index in [1.807, 2.05) is 0 Å². The fourth-order valence-electron chi connectivity index (χ4n) is 1.25. The molecule has 1 atom stereocenters. The Morgan fingerprint density at radius 1 is 1.40 bits per heavy atom. The molecule has 1 aromatic carbocycles. The molecule has 0 radical (unpaired) electrons. The zero-order valence-corrected chi connectivity index (χ0v) is 9.22. The molecule has 0 amide bonds. The third-order valence-electron chi connectivity index (χ3n) is 2.07. The molecule has 0 aliphatic heterocycles. The third-order valence-corrected chi connectivity index (χ3v) is 2.63. The Balaban J connectivity index is 3.01. The molecule has 1 unspecified atom stereocenters.